The second-order valence-corrected chi connectivity index (χ2v) is 4.79. The number of carbonyl (C=O) groups is 1. The lowest BCUT2D eigenvalue weighted by Gasteiger charge is -2.08. The highest BCUT2D eigenvalue weighted by Gasteiger charge is 2.08. The van der Waals surface area contributed by atoms with Gasteiger partial charge in [-0.05, 0) is 24.1 Å². The molecule has 0 aliphatic rings. The normalized spacial score (nSPS) is 10.4. The first-order valence-electron chi connectivity index (χ1n) is 5.30. The van der Waals surface area contributed by atoms with E-state index in [0.29, 0.717) is 17.0 Å². The summed E-state index contributed by atoms with van der Waals surface area (Å²) >= 11 is 1.42. The van der Waals surface area contributed by atoms with Crippen LogP contribution < -0.4 is 5.73 Å². The van der Waals surface area contributed by atoms with Gasteiger partial charge in [0, 0.05) is 22.7 Å². The summed E-state index contributed by atoms with van der Waals surface area (Å²) in [7, 11) is 0. The average Bonchev–Trinajstić information content (AvgIpc) is 2.80. The van der Waals surface area contributed by atoms with Crippen molar-refractivity contribution in [2.45, 2.75) is 6.42 Å². The number of hydrogen-bond acceptors (Lipinski definition) is 4. The highest BCUT2D eigenvalue weighted by Crippen LogP contribution is 2.33. The molecule has 3 N–H and O–H groups in total. The number of nitrogens with two attached hydrogens (primary N) is 1. The Morgan fingerprint density at radius 1 is 1.29 bits per heavy atom. The average molecular weight is 247 g/mol. The van der Waals surface area contributed by atoms with Crippen molar-refractivity contribution in [1.82, 2.24) is 0 Å². The molecule has 2 aromatic rings. The second-order valence-electron chi connectivity index (χ2n) is 3.67. The van der Waals surface area contributed by atoms with E-state index in [1.165, 1.54) is 11.3 Å². The first-order valence-corrected chi connectivity index (χ1v) is 6.11. The predicted octanol–water partition coefficient (Wildman–Crippen LogP) is 2.34. The Morgan fingerprint density at radius 2 is 2.12 bits per heavy atom. The summed E-state index contributed by atoms with van der Waals surface area (Å²) in [6.45, 7) is 0.0810. The maximum Gasteiger partial charge on any atom is 0.160 e. The van der Waals surface area contributed by atoms with Crippen LogP contribution in [0.15, 0.2) is 30.3 Å². The molecule has 1 aromatic carbocycles. The third-order valence-corrected chi connectivity index (χ3v) is 3.63. The third-order valence-electron chi connectivity index (χ3n) is 2.59. The number of nitrogen functional groups attached to an aromatic ring is 1. The number of benzene rings is 1. The molecule has 88 valence electrons. The summed E-state index contributed by atoms with van der Waals surface area (Å²) < 4.78 is 0. The molecule has 0 unspecified atom stereocenters. The molecule has 0 spiro atoms. The van der Waals surface area contributed by atoms with E-state index in [9.17, 15) is 4.79 Å². The lowest BCUT2D eigenvalue weighted by molar-refractivity contribution is 0.112. The van der Waals surface area contributed by atoms with Crippen LogP contribution in [0.5, 0.6) is 0 Å². The molecule has 0 bridgehead atoms. The molecule has 17 heavy (non-hydrogen) atoms. The van der Waals surface area contributed by atoms with Gasteiger partial charge in [0.2, 0.25) is 0 Å². The molecule has 1 heterocycles. The van der Waals surface area contributed by atoms with Crippen LogP contribution in [0, 0.1) is 0 Å². The highest BCUT2D eigenvalue weighted by atomic mass is 32.1. The molecule has 0 aliphatic heterocycles. The van der Waals surface area contributed by atoms with Gasteiger partial charge in [-0.2, -0.15) is 0 Å². The van der Waals surface area contributed by atoms with E-state index in [1.54, 1.807) is 6.07 Å². The van der Waals surface area contributed by atoms with Gasteiger partial charge in [-0.15, -0.1) is 11.3 Å². The van der Waals surface area contributed by atoms with Crippen molar-refractivity contribution < 1.29 is 9.90 Å². The molecule has 0 saturated heterocycles. The van der Waals surface area contributed by atoms with Crippen LogP contribution >= 0.6 is 11.3 Å². The van der Waals surface area contributed by atoms with Crippen LogP contribution in [-0.4, -0.2) is 18.0 Å². The molecule has 3 nitrogen and oxygen atoms in total. The first-order chi connectivity index (χ1) is 8.26. The zero-order valence-corrected chi connectivity index (χ0v) is 10.0. The fourth-order valence-electron chi connectivity index (χ4n) is 1.73. The molecule has 0 amide bonds. The third kappa shape index (κ3) is 2.38. The number of carbonyl (C=O) groups excluding carboxylic acids is 1. The van der Waals surface area contributed by atoms with E-state index >= 15 is 0 Å². The molecular formula is C13H13NO2S. The Kier molecular flexibility index (Phi) is 3.56. The summed E-state index contributed by atoms with van der Waals surface area (Å²) in [4.78, 5) is 12.3. The van der Waals surface area contributed by atoms with Crippen molar-refractivity contribution in [2.75, 3.05) is 12.3 Å². The van der Waals surface area contributed by atoms with E-state index in [4.69, 9.17) is 10.8 Å². The maximum absolute atomic E-state index is 10.7. The van der Waals surface area contributed by atoms with Crippen molar-refractivity contribution in [3.05, 3.63) is 40.8 Å². The zero-order valence-electron chi connectivity index (χ0n) is 9.22. The Morgan fingerprint density at radius 3 is 2.76 bits per heavy atom. The van der Waals surface area contributed by atoms with Crippen molar-refractivity contribution in [3.8, 4) is 10.4 Å². The van der Waals surface area contributed by atoms with E-state index in [0.717, 1.165) is 22.3 Å². The summed E-state index contributed by atoms with van der Waals surface area (Å²) in [5, 5.41) is 8.95. The summed E-state index contributed by atoms with van der Waals surface area (Å²) in [6, 6.07) is 9.42. The molecule has 0 radical (unpaired) electrons. The zero-order chi connectivity index (χ0) is 12.3. The SMILES string of the molecule is Nc1c(CCO)cccc1-c1ccc(C=O)s1. The molecule has 2 rings (SSSR count). The number of aliphatic hydroxyl groups excluding tert-OH is 1. The van der Waals surface area contributed by atoms with E-state index < -0.39 is 0 Å². The number of rotatable bonds is 4. The Labute approximate surface area is 104 Å². The second kappa shape index (κ2) is 5.12. The van der Waals surface area contributed by atoms with E-state index in [2.05, 4.69) is 0 Å². The standard InChI is InChI=1S/C13H13NO2S/c14-13-9(6-7-15)2-1-3-11(13)12-5-4-10(8-16)17-12/h1-5,8,15H,6-7,14H2. The van der Waals surface area contributed by atoms with Crippen LogP contribution in [0.4, 0.5) is 5.69 Å². The lowest BCUT2D eigenvalue weighted by atomic mass is 10.0. The number of anilines is 1. The van der Waals surface area contributed by atoms with E-state index in [-0.39, 0.29) is 6.61 Å². The predicted molar refractivity (Wildman–Crippen MR) is 70.3 cm³/mol. The fraction of sp³-hybridized carbons (Fsp3) is 0.154. The summed E-state index contributed by atoms with van der Waals surface area (Å²) in [5.41, 5.74) is 8.60. The first kappa shape index (κ1) is 11.8. The Balaban J connectivity index is 2.44. The van der Waals surface area contributed by atoms with Crippen LogP contribution in [0.3, 0.4) is 0 Å². The van der Waals surface area contributed by atoms with Gasteiger partial charge in [0.1, 0.15) is 0 Å². The van der Waals surface area contributed by atoms with Gasteiger partial charge in [0.25, 0.3) is 0 Å². The van der Waals surface area contributed by atoms with Gasteiger partial charge >= 0.3 is 0 Å². The van der Waals surface area contributed by atoms with Crippen LogP contribution in [-0.2, 0) is 6.42 Å². The minimum Gasteiger partial charge on any atom is -0.398 e. The molecular weight excluding hydrogens is 234 g/mol. The summed E-state index contributed by atoms with van der Waals surface area (Å²) in [6.07, 6.45) is 1.38. The highest BCUT2D eigenvalue weighted by molar-refractivity contribution is 7.17. The van der Waals surface area contributed by atoms with Gasteiger partial charge in [-0.3, -0.25) is 4.79 Å². The molecule has 4 heteroatoms. The fourth-order valence-corrected chi connectivity index (χ4v) is 2.59. The minimum absolute atomic E-state index is 0.0810. The quantitative estimate of drug-likeness (QED) is 0.644. The maximum atomic E-state index is 10.7. The van der Waals surface area contributed by atoms with Crippen molar-refractivity contribution in [1.29, 1.82) is 0 Å². The Hall–Kier alpha value is -1.65. The van der Waals surface area contributed by atoms with Crippen LogP contribution in [0.2, 0.25) is 0 Å². The monoisotopic (exact) mass is 247 g/mol. The van der Waals surface area contributed by atoms with Crippen LogP contribution in [0.25, 0.3) is 10.4 Å². The van der Waals surface area contributed by atoms with Crippen molar-refractivity contribution in [3.63, 3.8) is 0 Å². The lowest BCUT2D eigenvalue weighted by Crippen LogP contribution is -1.99. The molecule has 0 aliphatic carbocycles. The number of thiophene rings is 1. The number of aldehydes is 1. The van der Waals surface area contributed by atoms with Gasteiger partial charge in [0.05, 0.1) is 4.88 Å². The number of aliphatic hydroxyl groups is 1. The summed E-state index contributed by atoms with van der Waals surface area (Å²) in [5.74, 6) is 0. The smallest absolute Gasteiger partial charge is 0.160 e. The largest absolute Gasteiger partial charge is 0.398 e. The Bertz CT molecular complexity index is 534. The van der Waals surface area contributed by atoms with Gasteiger partial charge in [-0.25, -0.2) is 0 Å². The van der Waals surface area contributed by atoms with Crippen LogP contribution in [0.1, 0.15) is 15.2 Å². The van der Waals surface area contributed by atoms with Gasteiger partial charge in [-0.1, -0.05) is 18.2 Å². The molecule has 0 atom stereocenters. The van der Waals surface area contributed by atoms with Gasteiger partial charge in [0.15, 0.2) is 6.29 Å². The molecule has 1 aromatic heterocycles. The van der Waals surface area contributed by atoms with Crippen molar-refractivity contribution in [2.24, 2.45) is 0 Å². The molecule has 0 fully saturated rings. The number of para-hydroxylation sites is 1. The van der Waals surface area contributed by atoms with Crippen molar-refractivity contribution >= 4 is 23.3 Å². The van der Waals surface area contributed by atoms with Gasteiger partial charge < -0.3 is 10.8 Å². The van der Waals surface area contributed by atoms with E-state index in [1.807, 2.05) is 24.3 Å². The topological polar surface area (TPSA) is 63.3 Å². The minimum atomic E-state index is 0.0810. The molecule has 0 saturated carbocycles. The number of hydrogen-bond donors (Lipinski definition) is 2.